The SMILES string of the molecule is NC(=O)NCC(=O)N1C[C@H]2CC[C@@H]1CN(Cc1ccccc1)C2. The number of amides is 3. The van der Waals surface area contributed by atoms with Crippen molar-refractivity contribution in [1.29, 1.82) is 0 Å². The highest BCUT2D eigenvalue weighted by molar-refractivity contribution is 5.83. The fourth-order valence-electron chi connectivity index (χ4n) is 3.72. The maximum Gasteiger partial charge on any atom is 0.312 e. The molecule has 3 N–H and O–H groups in total. The Morgan fingerprint density at radius 3 is 2.65 bits per heavy atom. The smallest absolute Gasteiger partial charge is 0.312 e. The van der Waals surface area contributed by atoms with Gasteiger partial charge in [-0.05, 0) is 24.3 Å². The van der Waals surface area contributed by atoms with Gasteiger partial charge < -0.3 is 16.0 Å². The normalized spacial score (nSPS) is 24.3. The monoisotopic (exact) mass is 316 g/mol. The topological polar surface area (TPSA) is 78.7 Å². The Kier molecular flexibility index (Phi) is 4.81. The first-order valence-corrected chi connectivity index (χ1v) is 8.21. The van der Waals surface area contributed by atoms with Gasteiger partial charge >= 0.3 is 6.03 Å². The molecule has 0 unspecified atom stereocenters. The van der Waals surface area contributed by atoms with Crippen LogP contribution in [0.1, 0.15) is 18.4 Å². The number of hydrogen-bond acceptors (Lipinski definition) is 3. The van der Waals surface area contributed by atoms with Crippen molar-refractivity contribution >= 4 is 11.9 Å². The molecule has 3 saturated heterocycles. The van der Waals surface area contributed by atoms with Crippen molar-refractivity contribution in [3.05, 3.63) is 35.9 Å². The van der Waals surface area contributed by atoms with Crippen LogP contribution in [-0.4, -0.2) is 54.0 Å². The van der Waals surface area contributed by atoms with Crippen molar-refractivity contribution in [2.45, 2.75) is 25.4 Å². The van der Waals surface area contributed by atoms with E-state index in [9.17, 15) is 9.59 Å². The minimum Gasteiger partial charge on any atom is -0.352 e. The predicted octanol–water partition coefficient (Wildman–Crippen LogP) is 0.778. The van der Waals surface area contributed by atoms with E-state index >= 15 is 0 Å². The van der Waals surface area contributed by atoms with Crippen molar-refractivity contribution in [3.8, 4) is 0 Å². The number of primary amides is 1. The summed E-state index contributed by atoms with van der Waals surface area (Å²) >= 11 is 0. The number of nitrogens with zero attached hydrogens (tertiary/aromatic N) is 2. The highest BCUT2D eigenvalue weighted by Gasteiger charge is 2.36. The number of carbonyl (C=O) groups excluding carboxylic acids is 2. The van der Waals surface area contributed by atoms with E-state index < -0.39 is 6.03 Å². The van der Waals surface area contributed by atoms with Gasteiger partial charge in [-0.1, -0.05) is 30.3 Å². The average Bonchev–Trinajstić information content (AvgIpc) is 2.84. The molecule has 23 heavy (non-hydrogen) atoms. The van der Waals surface area contributed by atoms with Crippen LogP contribution in [0.4, 0.5) is 4.79 Å². The van der Waals surface area contributed by atoms with E-state index in [0.717, 1.165) is 32.6 Å². The molecule has 2 atom stereocenters. The molecule has 0 aromatic heterocycles. The zero-order chi connectivity index (χ0) is 16.2. The van der Waals surface area contributed by atoms with E-state index in [4.69, 9.17) is 5.73 Å². The van der Waals surface area contributed by atoms with E-state index in [2.05, 4.69) is 34.5 Å². The Hall–Kier alpha value is -2.08. The lowest BCUT2D eigenvalue weighted by molar-refractivity contribution is -0.134. The van der Waals surface area contributed by atoms with Gasteiger partial charge in [0.25, 0.3) is 0 Å². The minimum atomic E-state index is -0.649. The van der Waals surface area contributed by atoms with Gasteiger partial charge in [0.15, 0.2) is 0 Å². The molecular formula is C17H24N4O2. The molecule has 6 nitrogen and oxygen atoms in total. The van der Waals surface area contributed by atoms with Gasteiger partial charge in [-0.25, -0.2) is 4.79 Å². The van der Waals surface area contributed by atoms with Crippen LogP contribution in [-0.2, 0) is 11.3 Å². The molecule has 2 bridgehead atoms. The van der Waals surface area contributed by atoms with Crippen LogP contribution < -0.4 is 11.1 Å². The van der Waals surface area contributed by atoms with Gasteiger partial charge in [0, 0.05) is 32.2 Å². The lowest BCUT2D eigenvalue weighted by Gasteiger charge is -2.36. The lowest BCUT2D eigenvalue weighted by atomic mass is 9.95. The zero-order valence-electron chi connectivity index (χ0n) is 13.3. The van der Waals surface area contributed by atoms with E-state index in [0.29, 0.717) is 5.92 Å². The highest BCUT2D eigenvalue weighted by Crippen LogP contribution is 2.28. The molecule has 3 heterocycles. The summed E-state index contributed by atoms with van der Waals surface area (Å²) in [4.78, 5) is 27.5. The second kappa shape index (κ2) is 7.00. The molecule has 3 fully saturated rings. The van der Waals surface area contributed by atoms with Crippen molar-refractivity contribution in [2.24, 2.45) is 11.7 Å². The maximum absolute atomic E-state index is 12.3. The predicted molar refractivity (Wildman–Crippen MR) is 87.5 cm³/mol. The molecule has 1 aromatic rings. The number of piperidine rings is 1. The third kappa shape index (κ3) is 4.01. The second-order valence-electron chi connectivity index (χ2n) is 6.54. The van der Waals surface area contributed by atoms with E-state index in [1.54, 1.807) is 0 Å². The number of carbonyl (C=O) groups is 2. The van der Waals surface area contributed by atoms with Crippen molar-refractivity contribution in [2.75, 3.05) is 26.2 Å². The first kappa shape index (κ1) is 15.8. The van der Waals surface area contributed by atoms with Crippen LogP contribution in [0.25, 0.3) is 0 Å². The number of benzene rings is 1. The molecule has 3 amide bonds. The average molecular weight is 316 g/mol. The van der Waals surface area contributed by atoms with E-state index in [1.165, 1.54) is 12.0 Å². The van der Waals surface area contributed by atoms with Gasteiger partial charge in [-0.2, -0.15) is 0 Å². The van der Waals surface area contributed by atoms with E-state index in [-0.39, 0.29) is 18.5 Å². The summed E-state index contributed by atoms with van der Waals surface area (Å²) < 4.78 is 0. The number of urea groups is 1. The molecule has 0 saturated carbocycles. The standard InChI is InChI=1S/C17H24N4O2/c18-17(23)19-8-16(22)21-11-14-6-7-15(21)12-20(10-14)9-13-4-2-1-3-5-13/h1-5,14-15H,6-12H2,(H3,18,19,23)/t14-,15+/m0/s1. The van der Waals surface area contributed by atoms with Crippen LogP contribution >= 0.6 is 0 Å². The largest absolute Gasteiger partial charge is 0.352 e. The molecule has 0 spiro atoms. The van der Waals surface area contributed by atoms with Crippen LogP contribution in [0, 0.1) is 5.92 Å². The van der Waals surface area contributed by atoms with Gasteiger partial charge in [0.05, 0.1) is 6.54 Å². The highest BCUT2D eigenvalue weighted by atomic mass is 16.2. The summed E-state index contributed by atoms with van der Waals surface area (Å²) in [6.07, 6.45) is 2.21. The van der Waals surface area contributed by atoms with Crippen LogP contribution in [0.15, 0.2) is 30.3 Å². The Labute approximate surface area is 136 Å². The molecule has 0 radical (unpaired) electrons. The van der Waals surface area contributed by atoms with Crippen molar-refractivity contribution in [1.82, 2.24) is 15.1 Å². The molecule has 3 aliphatic heterocycles. The minimum absolute atomic E-state index is 0.00274. The molecular weight excluding hydrogens is 292 g/mol. The number of hydrogen-bond donors (Lipinski definition) is 2. The fourth-order valence-corrected chi connectivity index (χ4v) is 3.72. The van der Waals surface area contributed by atoms with Crippen molar-refractivity contribution < 1.29 is 9.59 Å². The van der Waals surface area contributed by atoms with Crippen LogP contribution in [0.3, 0.4) is 0 Å². The second-order valence-corrected chi connectivity index (χ2v) is 6.54. The number of rotatable bonds is 4. The first-order valence-electron chi connectivity index (χ1n) is 8.21. The Bertz CT molecular complexity index is 563. The van der Waals surface area contributed by atoms with Gasteiger partial charge in [0.1, 0.15) is 0 Å². The van der Waals surface area contributed by atoms with Crippen LogP contribution in [0.2, 0.25) is 0 Å². The lowest BCUT2D eigenvalue weighted by Crippen LogP contribution is -2.51. The maximum atomic E-state index is 12.3. The summed E-state index contributed by atoms with van der Waals surface area (Å²) in [6, 6.07) is 10.0. The fraction of sp³-hybridized carbons (Fsp3) is 0.529. The summed E-state index contributed by atoms with van der Waals surface area (Å²) in [5.41, 5.74) is 6.36. The number of nitrogens with one attached hydrogen (secondary N) is 1. The van der Waals surface area contributed by atoms with Gasteiger partial charge in [0.2, 0.25) is 5.91 Å². The van der Waals surface area contributed by atoms with Gasteiger partial charge in [-0.3, -0.25) is 9.69 Å². The third-order valence-electron chi connectivity index (χ3n) is 4.77. The molecule has 4 rings (SSSR count). The summed E-state index contributed by atoms with van der Waals surface area (Å²) in [5.74, 6) is 0.482. The third-order valence-corrected chi connectivity index (χ3v) is 4.77. The van der Waals surface area contributed by atoms with E-state index in [1.807, 2.05) is 11.0 Å². The Morgan fingerprint density at radius 2 is 1.91 bits per heavy atom. The molecule has 124 valence electrons. The molecule has 3 aliphatic rings. The summed E-state index contributed by atoms with van der Waals surface area (Å²) in [7, 11) is 0. The molecule has 0 aliphatic carbocycles. The Morgan fingerprint density at radius 1 is 1.13 bits per heavy atom. The van der Waals surface area contributed by atoms with Crippen molar-refractivity contribution in [3.63, 3.8) is 0 Å². The summed E-state index contributed by atoms with van der Waals surface area (Å²) in [5, 5.41) is 2.41. The quantitative estimate of drug-likeness (QED) is 0.861. The Balaban J connectivity index is 1.63. The summed E-state index contributed by atoms with van der Waals surface area (Å²) in [6.45, 7) is 3.63. The van der Waals surface area contributed by atoms with Crippen LogP contribution in [0.5, 0.6) is 0 Å². The molecule has 6 heteroatoms. The number of nitrogens with two attached hydrogens (primary N) is 1. The zero-order valence-corrected chi connectivity index (χ0v) is 13.3. The molecule has 1 aromatic carbocycles. The first-order chi connectivity index (χ1) is 11.1. The number of fused-ring (bicyclic) bond motifs is 4. The van der Waals surface area contributed by atoms with Gasteiger partial charge in [-0.15, -0.1) is 0 Å².